The van der Waals surface area contributed by atoms with Crippen molar-refractivity contribution in [3.8, 4) is 0 Å². The lowest BCUT2D eigenvalue weighted by molar-refractivity contribution is -0.157. The first kappa shape index (κ1) is 16.7. The maximum Gasteiger partial charge on any atom is 0.243 e. The van der Waals surface area contributed by atoms with Gasteiger partial charge in [0, 0.05) is 43.5 Å². The molecule has 5 rings (SSSR count). The molecule has 3 fully saturated rings. The topological polar surface area (TPSA) is 91.6 Å². The molecule has 0 spiro atoms. The number of piperidine rings is 3. The molecular weight excluding hydrogens is 344 g/mol. The van der Waals surface area contributed by atoms with Gasteiger partial charge in [0.2, 0.25) is 11.8 Å². The molecule has 5 heterocycles. The van der Waals surface area contributed by atoms with Gasteiger partial charge < -0.3 is 19.9 Å². The second-order valence-corrected chi connectivity index (χ2v) is 7.91. The molecule has 3 aliphatic heterocycles. The zero-order valence-electron chi connectivity index (χ0n) is 15.2. The summed E-state index contributed by atoms with van der Waals surface area (Å²) in [5, 5.41) is 6.50. The van der Waals surface area contributed by atoms with E-state index in [1.165, 1.54) is 0 Å². The van der Waals surface area contributed by atoms with Gasteiger partial charge >= 0.3 is 0 Å². The molecule has 2 amide bonds. The molecule has 0 aliphatic carbocycles. The SMILES string of the molecule is O=C(NCc1cn2ccncc2n1)[C@H]1[C@@H]2CNC[C@@H](C2)[C@@H]2CCCC(=O)N21. The van der Waals surface area contributed by atoms with Gasteiger partial charge in [-0.2, -0.15) is 0 Å². The Morgan fingerprint density at radius 1 is 1.33 bits per heavy atom. The molecular formula is C19H24N6O2. The number of amides is 2. The Morgan fingerprint density at radius 3 is 3.11 bits per heavy atom. The Balaban J connectivity index is 1.35. The van der Waals surface area contributed by atoms with Crippen LogP contribution in [-0.2, 0) is 16.1 Å². The van der Waals surface area contributed by atoms with Gasteiger partial charge in [-0.15, -0.1) is 0 Å². The van der Waals surface area contributed by atoms with Gasteiger partial charge in [0.25, 0.3) is 0 Å². The fraction of sp³-hybridized carbons (Fsp3) is 0.579. The van der Waals surface area contributed by atoms with Crippen molar-refractivity contribution >= 4 is 17.5 Å². The van der Waals surface area contributed by atoms with E-state index < -0.39 is 0 Å². The van der Waals surface area contributed by atoms with Crippen molar-refractivity contribution in [3.63, 3.8) is 0 Å². The predicted molar refractivity (Wildman–Crippen MR) is 97.6 cm³/mol. The smallest absolute Gasteiger partial charge is 0.243 e. The first-order valence-electron chi connectivity index (χ1n) is 9.78. The highest BCUT2D eigenvalue weighted by atomic mass is 16.2. The molecule has 4 atom stereocenters. The molecule has 2 aromatic heterocycles. The summed E-state index contributed by atoms with van der Waals surface area (Å²) in [4.78, 5) is 36.2. The number of aromatic nitrogens is 3. The Kier molecular flexibility index (Phi) is 4.07. The first-order chi connectivity index (χ1) is 13.2. The van der Waals surface area contributed by atoms with Gasteiger partial charge in [-0.25, -0.2) is 4.98 Å². The minimum Gasteiger partial charge on any atom is -0.349 e. The van der Waals surface area contributed by atoms with Gasteiger partial charge in [0.1, 0.15) is 6.04 Å². The van der Waals surface area contributed by atoms with Gasteiger partial charge in [0.05, 0.1) is 18.4 Å². The average molecular weight is 368 g/mol. The van der Waals surface area contributed by atoms with Gasteiger partial charge in [0.15, 0.2) is 5.65 Å². The Hall–Kier alpha value is -2.48. The number of fused-ring (bicyclic) bond motifs is 5. The quantitative estimate of drug-likeness (QED) is 0.815. The molecule has 0 radical (unpaired) electrons. The molecule has 2 bridgehead atoms. The van der Waals surface area contributed by atoms with Crippen molar-refractivity contribution in [2.75, 3.05) is 13.1 Å². The van der Waals surface area contributed by atoms with Crippen molar-refractivity contribution in [3.05, 3.63) is 30.5 Å². The summed E-state index contributed by atoms with van der Waals surface area (Å²) in [7, 11) is 0. The Morgan fingerprint density at radius 2 is 2.22 bits per heavy atom. The zero-order valence-corrected chi connectivity index (χ0v) is 15.2. The van der Waals surface area contributed by atoms with Crippen LogP contribution in [0.4, 0.5) is 0 Å². The van der Waals surface area contributed by atoms with Gasteiger partial charge in [-0.1, -0.05) is 0 Å². The largest absolute Gasteiger partial charge is 0.349 e. The van der Waals surface area contributed by atoms with Crippen LogP contribution < -0.4 is 10.6 Å². The predicted octanol–water partition coefficient (Wildman–Crippen LogP) is 0.334. The first-order valence-corrected chi connectivity index (χ1v) is 9.78. The fourth-order valence-corrected chi connectivity index (χ4v) is 5.11. The van der Waals surface area contributed by atoms with Crippen LogP contribution >= 0.6 is 0 Å². The summed E-state index contributed by atoms with van der Waals surface area (Å²) in [5.41, 5.74) is 1.54. The number of carbonyl (C=O) groups excluding carboxylic acids is 2. The number of nitrogens with one attached hydrogen (secondary N) is 2. The van der Waals surface area contributed by atoms with Crippen molar-refractivity contribution < 1.29 is 9.59 Å². The fourth-order valence-electron chi connectivity index (χ4n) is 5.11. The number of rotatable bonds is 3. The van der Waals surface area contributed by atoms with Gasteiger partial charge in [-0.05, 0) is 31.7 Å². The molecule has 0 aromatic carbocycles. The standard InChI is InChI=1S/C19H24N6O2/c26-17-3-1-2-15-12-6-13(8-21-7-12)18(25(15)17)19(27)22-9-14-11-24-5-4-20-10-16(24)23-14/h4-5,10-13,15,18,21H,1-3,6-9H2,(H,22,27)/t12-,13+,15+,18-/m1/s1. The third-order valence-corrected chi connectivity index (χ3v) is 6.27. The molecule has 8 nitrogen and oxygen atoms in total. The van der Waals surface area contributed by atoms with E-state index in [0.29, 0.717) is 18.9 Å². The minimum absolute atomic E-state index is 0.0578. The van der Waals surface area contributed by atoms with E-state index in [2.05, 4.69) is 20.6 Å². The lowest BCUT2D eigenvalue weighted by Gasteiger charge is -2.53. The van der Waals surface area contributed by atoms with Crippen molar-refractivity contribution in [2.24, 2.45) is 11.8 Å². The van der Waals surface area contributed by atoms with E-state index in [9.17, 15) is 9.59 Å². The Bertz CT molecular complexity index is 847. The molecule has 2 N–H and O–H groups in total. The van der Waals surface area contributed by atoms with Crippen LogP contribution in [0, 0.1) is 11.8 Å². The van der Waals surface area contributed by atoms with Crippen LogP contribution in [-0.4, -0.2) is 56.3 Å². The molecule has 27 heavy (non-hydrogen) atoms. The summed E-state index contributed by atoms with van der Waals surface area (Å²) in [6.07, 6.45) is 10.7. The van der Waals surface area contributed by atoms with E-state index in [0.717, 1.165) is 43.7 Å². The van der Waals surface area contributed by atoms with E-state index in [4.69, 9.17) is 0 Å². The molecule has 3 aliphatic rings. The Labute approximate surface area is 157 Å². The number of carbonyl (C=O) groups is 2. The van der Waals surface area contributed by atoms with E-state index in [-0.39, 0.29) is 29.8 Å². The highest BCUT2D eigenvalue weighted by Crippen LogP contribution is 2.39. The number of hydrogen-bond acceptors (Lipinski definition) is 5. The van der Waals surface area contributed by atoms with Crippen LogP contribution in [0.5, 0.6) is 0 Å². The summed E-state index contributed by atoms with van der Waals surface area (Å²) < 4.78 is 1.88. The molecule has 8 heteroatoms. The molecule has 2 aromatic rings. The third kappa shape index (κ3) is 2.88. The van der Waals surface area contributed by atoms with Crippen molar-refractivity contribution in [2.45, 2.75) is 44.3 Å². The third-order valence-electron chi connectivity index (χ3n) is 6.27. The van der Waals surface area contributed by atoms with Crippen LogP contribution in [0.2, 0.25) is 0 Å². The number of imidazole rings is 1. The maximum absolute atomic E-state index is 13.1. The molecule has 0 unspecified atom stereocenters. The number of hydrogen-bond donors (Lipinski definition) is 2. The monoisotopic (exact) mass is 368 g/mol. The average Bonchev–Trinajstić information content (AvgIpc) is 3.10. The van der Waals surface area contributed by atoms with E-state index in [1.807, 2.05) is 21.7 Å². The van der Waals surface area contributed by atoms with Crippen LogP contribution in [0.1, 0.15) is 31.4 Å². The highest BCUT2D eigenvalue weighted by Gasteiger charge is 2.50. The van der Waals surface area contributed by atoms with Crippen molar-refractivity contribution in [1.29, 1.82) is 0 Å². The second kappa shape index (κ2) is 6.60. The van der Waals surface area contributed by atoms with Crippen LogP contribution in [0.15, 0.2) is 24.8 Å². The lowest BCUT2D eigenvalue weighted by atomic mass is 9.72. The number of nitrogens with zero attached hydrogens (tertiary/aromatic N) is 4. The minimum atomic E-state index is -0.370. The summed E-state index contributed by atoms with van der Waals surface area (Å²) in [6.45, 7) is 2.10. The maximum atomic E-state index is 13.1. The highest BCUT2D eigenvalue weighted by molar-refractivity contribution is 5.89. The molecule has 142 valence electrons. The van der Waals surface area contributed by atoms with Crippen molar-refractivity contribution in [1.82, 2.24) is 29.9 Å². The molecule has 3 saturated heterocycles. The normalized spacial score (nSPS) is 30.2. The summed E-state index contributed by atoms with van der Waals surface area (Å²) in [5.74, 6) is 0.745. The van der Waals surface area contributed by atoms with E-state index in [1.54, 1.807) is 12.4 Å². The second-order valence-electron chi connectivity index (χ2n) is 7.91. The summed E-state index contributed by atoms with van der Waals surface area (Å²) >= 11 is 0. The lowest BCUT2D eigenvalue weighted by Crippen LogP contribution is -2.67. The van der Waals surface area contributed by atoms with Gasteiger partial charge in [-0.3, -0.25) is 14.6 Å². The summed E-state index contributed by atoms with van der Waals surface area (Å²) in [6, 6.07) is -0.169. The molecule has 0 saturated carbocycles. The van der Waals surface area contributed by atoms with E-state index >= 15 is 0 Å². The zero-order chi connectivity index (χ0) is 18.4. The van der Waals surface area contributed by atoms with Crippen LogP contribution in [0.3, 0.4) is 0 Å². The van der Waals surface area contributed by atoms with Crippen LogP contribution in [0.25, 0.3) is 5.65 Å².